The van der Waals surface area contributed by atoms with E-state index in [-0.39, 0.29) is 0 Å². The highest BCUT2D eigenvalue weighted by molar-refractivity contribution is 5.88. The molecule has 2 bridgehead atoms. The Hall–Kier alpha value is -2.53. The van der Waals surface area contributed by atoms with E-state index in [1.807, 2.05) is 31.2 Å². The first kappa shape index (κ1) is 19.8. The maximum absolute atomic E-state index is 12.1. The number of benzene rings is 2. The van der Waals surface area contributed by atoms with Gasteiger partial charge in [0.05, 0.1) is 12.3 Å². The predicted molar refractivity (Wildman–Crippen MR) is 114 cm³/mol. The molecule has 2 aromatic carbocycles. The summed E-state index contributed by atoms with van der Waals surface area (Å²) in [5, 5.41) is 9.95. The van der Waals surface area contributed by atoms with E-state index in [1.165, 1.54) is 23.3 Å². The molecule has 5 heteroatoms. The first-order valence-corrected chi connectivity index (χ1v) is 10.6. The molecule has 1 amide bonds. The molecule has 2 fully saturated rings. The van der Waals surface area contributed by atoms with Gasteiger partial charge in [0, 0.05) is 26.2 Å². The number of carboxylic acid groups (broad SMARTS) is 1. The number of para-hydroxylation sites is 2. The van der Waals surface area contributed by atoms with E-state index in [0.29, 0.717) is 42.3 Å². The van der Waals surface area contributed by atoms with Gasteiger partial charge in [0.15, 0.2) is 0 Å². The van der Waals surface area contributed by atoms with Crippen LogP contribution in [-0.4, -0.2) is 42.3 Å². The molecule has 154 valence electrons. The van der Waals surface area contributed by atoms with Crippen molar-refractivity contribution in [3.63, 3.8) is 0 Å². The monoisotopic (exact) mass is 394 g/mol. The minimum absolute atomic E-state index is 0.410. The number of amides is 1. The van der Waals surface area contributed by atoms with E-state index < -0.39 is 6.09 Å². The third kappa shape index (κ3) is 4.40. The van der Waals surface area contributed by atoms with Crippen LogP contribution in [0.5, 0.6) is 5.75 Å². The maximum atomic E-state index is 12.1. The van der Waals surface area contributed by atoms with E-state index >= 15 is 0 Å². The zero-order chi connectivity index (χ0) is 20.2. The predicted octanol–water partition coefficient (Wildman–Crippen LogP) is 4.73. The van der Waals surface area contributed by atoms with Crippen molar-refractivity contribution >= 4 is 11.8 Å². The second kappa shape index (κ2) is 8.87. The number of rotatable bonds is 7. The summed E-state index contributed by atoms with van der Waals surface area (Å²) in [4.78, 5) is 16.2. The van der Waals surface area contributed by atoms with Gasteiger partial charge in [-0.3, -0.25) is 9.80 Å². The van der Waals surface area contributed by atoms with Crippen LogP contribution in [-0.2, 0) is 6.54 Å². The lowest BCUT2D eigenvalue weighted by Crippen LogP contribution is -2.46. The largest absolute Gasteiger partial charge is 0.492 e. The molecule has 2 aliphatic rings. The SMILES string of the molecule is CCOc1ccccc1N(CC1C2CCC1CN(Cc1ccccc1)C2)C(=O)O. The number of likely N-dealkylation sites (tertiary alicyclic amines) is 1. The zero-order valence-electron chi connectivity index (χ0n) is 17.0. The van der Waals surface area contributed by atoms with Crippen LogP contribution in [0.15, 0.2) is 54.6 Å². The average Bonchev–Trinajstić information content (AvgIpc) is 2.95. The first-order valence-electron chi connectivity index (χ1n) is 10.6. The van der Waals surface area contributed by atoms with Crippen molar-refractivity contribution in [3.05, 3.63) is 60.2 Å². The van der Waals surface area contributed by atoms with Gasteiger partial charge in [0.25, 0.3) is 0 Å². The van der Waals surface area contributed by atoms with E-state index in [1.54, 1.807) is 0 Å². The first-order chi connectivity index (χ1) is 14.2. The molecule has 4 rings (SSSR count). The second-order valence-corrected chi connectivity index (χ2v) is 8.23. The molecule has 0 radical (unpaired) electrons. The smallest absolute Gasteiger partial charge is 0.411 e. The molecule has 1 aliphatic carbocycles. The minimum atomic E-state index is -0.900. The normalized spacial score (nSPS) is 23.7. The van der Waals surface area contributed by atoms with Crippen molar-refractivity contribution in [3.8, 4) is 5.75 Å². The second-order valence-electron chi connectivity index (χ2n) is 8.23. The van der Waals surface area contributed by atoms with Crippen LogP contribution in [0.3, 0.4) is 0 Å². The summed E-state index contributed by atoms with van der Waals surface area (Å²) < 4.78 is 5.70. The highest BCUT2D eigenvalue weighted by Crippen LogP contribution is 2.43. The highest BCUT2D eigenvalue weighted by Gasteiger charge is 2.43. The summed E-state index contributed by atoms with van der Waals surface area (Å²) in [5.74, 6) is 2.16. The van der Waals surface area contributed by atoms with Gasteiger partial charge >= 0.3 is 6.09 Å². The minimum Gasteiger partial charge on any atom is -0.492 e. The number of anilines is 1. The Kier molecular flexibility index (Phi) is 6.05. The summed E-state index contributed by atoms with van der Waals surface area (Å²) in [6, 6.07) is 18.1. The number of nitrogens with zero attached hydrogens (tertiary/aromatic N) is 2. The van der Waals surface area contributed by atoms with Crippen LogP contribution < -0.4 is 9.64 Å². The summed E-state index contributed by atoms with van der Waals surface area (Å²) in [5.41, 5.74) is 2.01. The summed E-state index contributed by atoms with van der Waals surface area (Å²) in [6.45, 7) is 6.08. The lowest BCUT2D eigenvalue weighted by molar-refractivity contribution is 0.105. The third-order valence-corrected chi connectivity index (χ3v) is 6.43. The van der Waals surface area contributed by atoms with Gasteiger partial charge < -0.3 is 9.84 Å². The van der Waals surface area contributed by atoms with Crippen molar-refractivity contribution in [2.75, 3.05) is 31.1 Å². The third-order valence-electron chi connectivity index (χ3n) is 6.43. The number of hydrogen-bond donors (Lipinski definition) is 1. The van der Waals surface area contributed by atoms with Crippen LogP contribution >= 0.6 is 0 Å². The summed E-state index contributed by atoms with van der Waals surface area (Å²) in [6.07, 6.45) is 1.49. The molecule has 1 saturated heterocycles. The molecular weight excluding hydrogens is 364 g/mol. The molecule has 29 heavy (non-hydrogen) atoms. The number of fused-ring (bicyclic) bond motifs is 2. The Bertz CT molecular complexity index is 812. The molecule has 0 aromatic heterocycles. The van der Waals surface area contributed by atoms with Gasteiger partial charge in [-0.25, -0.2) is 4.79 Å². The van der Waals surface area contributed by atoms with Crippen LogP contribution in [0.2, 0.25) is 0 Å². The van der Waals surface area contributed by atoms with Gasteiger partial charge in [-0.05, 0) is 55.2 Å². The molecule has 1 aliphatic heterocycles. The fourth-order valence-electron chi connectivity index (χ4n) is 5.15. The van der Waals surface area contributed by atoms with E-state index in [0.717, 1.165) is 19.6 Å². The Labute approximate surface area is 172 Å². The topological polar surface area (TPSA) is 53.0 Å². The van der Waals surface area contributed by atoms with E-state index in [2.05, 4.69) is 35.2 Å². The number of ether oxygens (including phenoxy) is 1. The van der Waals surface area contributed by atoms with Crippen molar-refractivity contribution in [1.29, 1.82) is 0 Å². The Morgan fingerprint density at radius 3 is 2.38 bits per heavy atom. The van der Waals surface area contributed by atoms with Crippen LogP contribution in [0.4, 0.5) is 10.5 Å². The molecular formula is C24H30N2O3. The number of piperidine rings is 1. The molecule has 1 saturated carbocycles. The number of hydrogen-bond acceptors (Lipinski definition) is 3. The summed E-state index contributed by atoms with van der Waals surface area (Å²) in [7, 11) is 0. The molecule has 2 atom stereocenters. The van der Waals surface area contributed by atoms with Crippen molar-refractivity contribution < 1.29 is 14.6 Å². The maximum Gasteiger partial charge on any atom is 0.411 e. The molecule has 1 N–H and O–H groups in total. The van der Waals surface area contributed by atoms with Crippen molar-refractivity contribution in [2.45, 2.75) is 26.3 Å². The van der Waals surface area contributed by atoms with Gasteiger partial charge in [-0.15, -0.1) is 0 Å². The summed E-state index contributed by atoms with van der Waals surface area (Å²) >= 11 is 0. The fourth-order valence-corrected chi connectivity index (χ4v) is 5.15. The van der Waals surface area contributed by atoms with Crippen LogP contribution in [0.1, 0.15) is 25.3 Å². The lowest BCUT2D eigenvalue weighted by Gasteiger charge is -2.40. The van der Waals surface area contributed by atoms with Gasteiger partial charge in [0.2, 0.25) is 0 Å². The zero-order valence-corrected chi connectivity index (χ0v) is 17.0. The Morgan fingerprint density at radius 1 is 1.07 bits per heavy atom. The highest BCUT2D eigenvalue weighted by atomic mass is 16.5. The lowest BCUT2D eigenvalue weighted by atomic mass is 9.84. The molecule has 1 heterocycles. The standard InChI is InChI=1S/C24H30N2O3/c1-2-29-23-11-7-6-10-22(23)26(24(27)28)17-21-19-12-13-20(21)16-25(15-19)14-18-8-4-3-5-9-18/h3-11,19-21H,2,12-17H2,1H3,(H,27,28). The van der Waals surface area contributed by atoms with Crippen molar-refractivity contribution in [2.24, 2.45) is 17.8 Å². The van der Waals surface area contributed by atoms with Crippen LogP contribution in [0, 0.1) is 17.8 Å². The Balaban J connectivity index is 1.47. The molecule has 2 unspecified atom stereocenters. The van der Waals surface area contributed by atoms with E-state index in [4.69, 9.17) is 4.74 Å². The number of carbonyl (C=O) groups is 1. The van der Waals surface area contributed by atoms with Crippen LogP contribution in [0.25, 0.3) is 0 Å². The molecule has 0 spiro atoms. The van der Waals surface area contributed by atoms with Gasteiger partial charge in [-0.1, -0.05) is 42.5 Å². The fraction of sp³-hybridized carbons (Fsp3) is 0.458. The van der Waals surface area contributed by atoms with Gasteiger partial charge in [-0.2, -0.15) is 0 Å². The van der Waals surface area contributed by atoms with E-state index in [9.17, 15) is 9.90 Å². The quantitative estimate of drug-likeness (QED) is 0.738. The Morgan fingerprint density at radius 2 is 1.72 bits per heavy atom. The van der Waals surface area contributed by atoms with Gasteiger partial charge in [0.1, 0.15) is 5.75 Å². The van der Waals surface area contributed by atoms with Crippen molar-refractivity contribution in [1.82, 2.24) is 4.90 Å². The molecule has 5 nitrogen and oxygen atoms in total. The average molecular weight is 395 g/mol. The molecule has 2 aromatic rings.